The number of hydrogen-bond donors (Lipinski definition) is 2. The molecule has 0 aliphatic heterocycles. The monoisotopic (exact) mass is 233 g/mol. The van der Waals surface area contributed by atoms with E-state index in [1.807, 2.05) is 20.8 Å². The van der Waals surface area contributed by atoms with Crippen LogP contribution in [0, 0.1) is 26.8 Å². The first kappa shape index (κ1) is 13.8. The van der Waals surface area contributed by atoms with Gasteiger partial charge in [-0.15, -0.1) is 6.58 Å². The molecule has 0 aliphatic rings. The standard InChI is InChI=1S/C15H21O2/c1-6-15(5,17)8-7-13-11(3)9-10(2)12(4)14(13)16/h6,16-17H,1,7-8H2,2-5H3. The Morgan fingerprint density at radius 2 is 1.88 bits per heavy atom. The number of rotatable bonds is 4. The quantitative estimate of drug-likeness (QED) is 0.785. The van der Waals surface area contributed by atoms with E-state index in [1.54, 1.807) is 6.92 Å². The summed E-state index contributed by atoms with van der Waals surface area (Å²) >= 11 is 0. The maximum Gasteiger partial charge on any atom is 0.122 e. The summed E-state index contributed by atoms with van der Waals surface area (Å²) in [6, 6.07) is 3.23. The van der Waals surface area contributed by atoms with Crippen LogP contribution in [-0.2, 0) is 6.42 Å². The highest BCUT2D eigenvalue weighted by Gasteiger charge is 2.18. The maximum atomic E-state index is 10.1. The molecule has 1 aromatic carbocycles. The van der Waals surface area contributed by atoms with Crippen LogP contribution in [0.15, 0.2) is 12.7 Å². The second kappa shape index (κ2) is 4.92. The Morgan fingerprint density at radius 3 is 2.41 bits per heavy atom. The van der Waals surface area contributed by atoms with Crippen molar-refractivity contribution in [3.05, 3.63) is 41.0 Å². The fraction of sp³-hybridized carbons (Fsp3) is 0.467. The molecule has 1 unspecified atom stereocenters. The van der Waals surface area contributed by atoms with E-state index in [2.05, 4.69) is 12.6 Å². The first-order valence-corrected chi connectivity index (χ1v) is 5.85. The van der Waals surface area contributed by atoms with E-state index >= 15 is 0 Å². The average molecular weight is 233 g/mol. The van der Waals surface area contributed by atoms with Crippen molar-refractivity contribution in [1.82, 2.24) is 0 Å². The molecule has 0 spiro atoms. The van der Waals surface area contributed by atoms with Gasteiger partial charge in [0.25, 0.3) is 0 Å². The van der Waals surface area contributed by atoms with Crippen LogP contribution in [0.3, 0.4) is 0 Å². The third kappa shape index (κ3) is 3.10. The number of aromatic hydroxyl groups is 1. The summed E-state index contributed by atoms with van der Waals surface area (Å²) in [5, 5.41) is 20.0. The highest BCUT2D eigenvalue weighted by molar-refractivity contribution is 5.48. The Hall–Kier alpha value is -1.28. The van der Waals surface area contributed by atoms with E-state index in [1.165, 1.54) is 6.08 Å². The molecule has 0 heterocycles. The van der Waals surface area contributed by atoms with Gasteiger partial charge in [-0.1, -0.05) is 6.08 Å². The van der Waals surface area contributed by atoms with Gasteiger partial charge in [-0.3, -0.25) is 0 Å². The molecule has 93 valence electrons. The maximum absolute atomic E-state index is 10.1. The molecule has 0 aromatic heterocycles. The predicted octanol–water partition coefficient (Wildman–Crippen LogP) is 2.99. The lowest BCUT2D eigenvalue weighted by molar-refractivity contribution is 0.102. The van der Waals surface area contributed by atoms with Crippen molar-refractivity contribution >= 4 is 0 Å². The number of aliphatic hydroxyl groups is 1. The average Bonchev–Trinajstić information content (AvgIpc) is 2.26. The van der Waals surface area contributed by atoms with Crippen molar-refractivity contribution in [1.29, 1.82) is 0 Å². The van der Waals surface area contributed by atoms with E-state index in [9.17, 15) is 10.2 Å². The molecule has 0 saturated heterocycles. The van der Waals surface area contributed by atoms with E-state index in [0.717, 1.165) is 22.3 Å². The highest BCUT2D eigenvalue weighted by Crippen LogP contribution is 2.30. The third-order valence-electron chi connectivity index (χ3n) is 3.35. The van der Waals surface area contributed by atoms with Crippen LogP contribution in [0.25, 0.3) is 0 Å². The molecule has 2 heteroatoms. The Morgan fingerprint density at radius 1 is 1.29 bits per heavy atom. The van der Waals surface area contributed by atoms with Crippen LogP contribution >= 0.6 is 0 Å². The molecule has 1 atom stereocenters. The molecule has 2 N–H and O–H groups in total. The normalized spacial score (nSPS) is 14.4. The molecule has 1 radical (unpaired) electrons. The SMILES string of the molecule is C=CC(C)(O)CCc1c(C)[c]c(C)c(C)c1O. The smallest absolute Gasteiger partial charge is 0.122 e. The van der Waals surface area contributed by atoms with Crippen molar-refractivity contribution in [2.24, 2.45) is 0 Å². The van der Waals surface area contributed by atoms with Crippen LogP contribution in [0.1, 0.15) is 35.6 Å². The second-order valence-electron chi connectivity index (χ2n) is 4.89. The van der Waals surface area contributed by atoms with Gasteiger partial charge in [0.15, 0.2) is 0 Å². The molecule has 0 bridgehead atoms. The molecule has 0 aliphatic carbocycles. The van der Waals surface area contributed by atoms with Crippen LogP contribution in [0.5, 0.6) is 5.75 Å². The summed E-state index contributed by atoms with van der Waals surface area (Å²) in [6.07, 6.45) is 2.69. The predicted molar refractivity (Wildman–Crippen MR) is 70.3 cm³/mol. The summed E-state index contributed by atoms with van der Waals surface area (Å²) in [4.78, 5) is 0. The van der Waals surface area contributed by atoms with Gasteiger partial charge in [0.2, 0.25) is 0 Å². The minimum atomic E-state index is -0.891. The molecule has 1 rings (SSSR count). The molecular weight excluding hydrogens is 212 g/mol. The zero-order valence-electron chi connectivity index (χ0n) is 11.1. The number of phenolic OH excluding ortho intramolecular Hbond substituents is 1. The Balaban J connectivity index is 3.00. The number of hydrogen-bond acceptors (Lipinski definition) is 2. The highest BCUT2D eigenvalue weighted by atomic mass is 16.3. The molecule has 2 nitrogen and oxygen atoms in total. The van der Waals surface area contributed by atoms with Gasteiger partial charge in [-0.05, 0) is 68.9 Å². The Bertz CT molecular complexity index is 431. The zero-order chi connectivity index (χ0) is 13.2. The Kier molecular flexibility index (Phi) is 3.99. The van der Waals surface area contributed by atoms with Crippen molar-refractivity contribution in [2.75, 3.05) is 0 Å². The molecule has 0 fully saturated rings. The molecule has 0 saturated carbocycles. The minimum absolute atomic E-state index is 0.332. The van der Waals surface area contributed by atoms with Gasteiger partial charge in [0.05, 0.1) is 5.60 Å². The summed E-state index contributed by atoms with van der Waals surface area (Å²) in [5.74, 6) is 0.332. The van der Waals surface area contributed by atoms with Gasteiger partial charge in [0, 0.05) is 0 Å². The van der Waals surface area contributed by atoms with Crippen LogP contribution in [-0.4, -0.2) is 15.8 Å². The lowest BCUT2D eigenvalue weighted by atomic mass is 9.91. The fourth-order valence-corrected chi connectivity index (χ4v) is 1.82. The number of aryl methyl sites for hydroxylation is 2. The van der Waals surface area contributed by atoms with Crippen LogP contribution in [0.4, 0.5) is 0 Å². The van der Waals surface area contributed by atoms with Gasteiger partial charge >= 0.3 is 0 Å². The minimum Gasteiger partial charge on any atom is -0.507 e. The topological polar surface area (TPSA) is 40.5 Å². The van der Waals surface area contributed by atoms with Crippen molar-refractivity contribution in [3.8, 4) is 5.75 Å². The van der Waals surface area contributed by atoms with Crippen molar-refractivity contribution < 1.29 is 10.2 Å². The van der Waals surface area contributed by atoms with E-state index in [-0.39, 0.29) is 0 Å². The largest absolute Gasteiger partial charge is 0.507 e. The lowest BCUT2D eigenvalue weighted by Crippen LogP contribution is -2.21. The van der Waals surface area contributed by atoms with E-state index in [0.29, 0.717) is 18.6 Å². The van der Waals surface area contributed by atoms with Gasteiger partial charge < -0.3 is 10.2 Å². The van der Waals surface area contributed by atoms with Gasteiger partial charge in [-0.25, -0.2) is 0 Å². The van der Waals surface area contributed by atoms with Crippen LogP contribution in [0.2, 0.25) is 0 Å². The number of phenols is 1. The summed E-state index contributed by atoms with van der Waals surface area (Å²) in [7, 11) is 0. The van der Waals surface area contributed by atoms with Crippen LogP contribution < -0.4 is 0 Å². The fourth-order valence-electron chi connectivity index (χ4n) is 1.82. The molecule has 1 aromatic rings. The lowest BCUT2D eigenvalue weighted by Gasteiger charge is -2.20. The first-order valence-electron chi connectivity index (χ1n) is 5.85. The first-order chi connectivity index (χ1) is 7.78. The molecular formula is C15H21O2. The Labute approximate surface area is 104 Å². The van der Waals surface area contributed by atoms with E-state index in [4.69, 9.17) is 0 Å². The van der Waals surface area contributed by atoms with E-state index < -0.39 is 5.60 Å². The summed E-state index contributed by atoms with van der Waals surface area (Å²) < 4.78 is 0. The number of benzene rings is 1. The molecule has 17 heavy (non-hydrogen) atoms. The van der Waals surface area contributed by atoms with Gasteiger partial charge in [-0.2, -0.15) is 0 Å². The third-order valence-corrected chi connectivity index (χ3v) is 3.35. The van der Waals surface area contributed by atoms with Crippen molar-refractivity contribution in [3.63, 3.8) is 0 Å². The summed E-state index contributed by atoms with van der Waals surface area (Å²) in [6.45, 7) is 11.1. The zero-order valence-corrected chi connectivity index (χ0v) is 11.1. The molecule has 0 amide bonds. The van der Waals surface area contributed by atoms with Gasteiger partial charge in [0.1, 0.15) is 5.75 Å². The van der Waals surface area contributed by atoms with Crippen molar-refractivity contribution in [2.45, 2.75) is 46.1 Å². The summed E-state index contributed by atoms with van der Waals surface area (Å²) in [5.41, 5.74) is 2.77. The second-order valence-corrected chi connectivity index (χ2v) is 4.89.